The normalized spacial score (nSPS) is 20.7. The van der Waals surface area contributed by atoms with Crippen LogP contribution in [0.2, 0.25) is 0 Å². The third kappa shape index (κ3) is 3.69. The predicted molar refractivity (Wildman–Crippen MR) is 83.9 cm³/mol. The van der Waals surface area contributed by atoms with Gasteiger partial charge in [0, 0.05) is 16.7 Å². The maximum Gasteiger partial charge on any atom is 0.223 e. The first-order valence-electron chi connectivity index (χ1n) is 7.29. The van der Waals surface area contributed by atoms with Crippen molar-refractivity contribution < 1.29 is 4.79 Å². The molecule has 0 fully saturated rings. The summed E-state index contributed by atoms with van der Waals surface area (Å²) in [6.45, 7) is 8.48. The molecule has 0 saturated heterocycles. The molecule has 1 aromatic rings. The monoisotopic (exact) mass is 292 g/mol. The van der Waals surface area contributed by atoms with Gasteiger partial charge < -0.3 is 5.32 Å². The summed E-state index contributed by atoms with van der Waals surface area (Å²) in [5.74, 6) is 0.291. The molecule has 0 saturated carbocycles. The molecule has 1 aliphatic carbocycles. The molecule has 0 aliphatic heterocycles. The SMILES string of the molecule is C[C@@H](NC(=O)[C@@H]1CC=CCC1)c1nc(C(C)(C)C)cs1. The van der Waals surface area contributed by atoms with Crippen molar-refractivity contribution in [3.63, 3.8) is 0 Å². The Morgan fingerprint density at radius 2 is 2.20 bits per heavy atom. The third-order valence-electron chi connectivity index (χ3n) is 3.66. The Kier molecular flexibility index (Phi) is 4.63. The van der Waals surface area contributed by atoms with Crippen molar-refractivity contribution >= 4 is 17.2 Å². The Labute approximate surface area is 125 Å². The Bertz CT molecular complexity index is 499. The van der Waals surface area contributed by atoms with Gasteiger partial charge in [0.05, 0.1) is 11.7 Å². The zero-order chi connectivity index (χ0) is 14.8. The van der Waals surface area contributed by atoms with Crippen LogP contribution in [-0.4, -0.2) is 10.9 Å². The van der Waals surface area contributed by atoms with E-state index in [1.165, 1.54) is 0 Å². The number of nitrogens with one attached hydrogen (secondary N) is 1. The van der Waals surface area contributed by atoms with Crippen LogP contribution in [0.5, 0.6) is 0 Å². The third-order valence-corrected chi connectivity index (χ3v) is 4.69. The molecule has 1 amide bonds. The van der Waals surface area contributed by atoms with Crippen molar-refractivity contribution in [3.05, 3.63) is 28.2 Å². The van der Waals surface area contributed by atoms with Crippen molar-refractivity contribution in [2.75, 3.05) is 0 Å². The van der Waals surface area contributed by atoms with Crippen LogP contribution in [0.25, 0.3) is 0 Å². The molecule has 110 valence electrons. The average Bonchev–Trinajstić information content (AvgIpc) is 2.89. The van der Waals surface area contributed by atoms with E-state index in [0.29, 0.717) is 0 Å². The molecule has 1 heterocycles. The van der Waals surface area contributed by atoms with Crippen LogP contribution < -0.4 is 5.32 Å². The molecular formula is C16H24N2OS. The molecule has 2 atom stereocenters. The predicted octanol–water partition coefficient (Wildman–Crippen LogP) is 3.97. The van der Waals surface area contributed by atoms with Crippen LogP contribution in [0.3, 0.4) is 0 Å². The number of aromatic nitrogens is 1. The average molecular weight is 292 g/mol. The lowest BCUT2D eigenvalue weighted by Gasteiger charge is -2.20. The van der Waals surface area contributed by atoms with Gasteiger partial charge in [0.1, 0.15) is 5.01 Å². The first kappa shape index (κ1) is 15.2. The number of carbonyl (C=O) groups excluding carboxylic acids is 1. The van der Waals surface area contributed by atoms with Crippen LogP contribution in [0.15, 0.2) is 17.5 Å². The van der Waals surface area contributed by atoms with Crippen molar-refractivity contribution in [3.8, 4) is 0 Å². The molecule has 0 unspecified atom stereocenters. The van der Waals surface area contributed by atoms with Crippen LogP contribution in [0.4, 0.5) is 0 Å². The van der Waals surface area contributed by atoms with Gasteiger partial charge in [-0.15, -0.1) is 11.3 Å². The topological polar surface area (TPSA) is 42.0 Å². The van der Waals surface area contributed by atoms with Gasteiger partial charge in [-0.2, -0.15) is 0 Å². The Hall–Kier alpha value is -1.16. The summed E-state index contributed by atoms with van der Waals surface area (Å²) in [5, 5.41) is 6.20. The summed E-state index contributed by atoms with van der Waals surface area (Å²) in [6.07, 6.45) is 7.10. The fraction of sp³-hybridized carbons (Fsp3) is 0.625. The molecule has 1 aliphatic rings. The van der Waals surface area contributed by atoms with E-state index in [0.717, 1.165) is 30.0 Å². The summed E-state index contributed by atoms with van der Waals surface area (Å²) in [7, 11) is 0. The molecule has 20 heavy (non-hydrogen) atoms. The number of hydrogen-bond donors (Lipinski definition) is 1. The van der Waals surface area contributed by atoms with E-state index >= 15 is 0 Å². The molecule has 1 aromatic heterocycles. The fourth-order valence-electron chi connectivity index (χ4n) is 2.26. The quantitative estimate of drug-likeness (QED) is 0.856. The lowest BCUT2D eigenvalue weighted by atomic mass is 9.93. The molecule has 1 N–H and O–H groups in total. The molecule has 2 rings (SSSR count). The van der Waals surface area contributed by atoms with Crippen molar-refractivity contribution in [1.29, 1.82) is 0 Å². The summed E-state index contributed by atoms with van der Waals surface area (Å²) in [5.41, 5.74) is 1.16. The largest absolute Gasteiger partial charge is 0.347 e. The number of hydrogen-bond acceptors (Lipinski definition) is 3. The standard InChI is InChI=1S/C16H24N2OS/c1-11(15-18-13(10-20-15)16(2,3)4)17-14(19)12-8-6-5-7-9-12/h5-6,10-12H,7-9H2,1-4H3,(H,17,19)/t11-,12-/m1/s1. The Morgan fingerprint density at radius 3 is 2.75 bits per heavy atom. The first-order chi connectivity index (χ1) is 9.38. The number of carbonyl (C=O) groups is 1. The van der Waals surface area contributed by atoms with E-state index in [-0.39, 0.29) is 23.3 Å². The number of thiazole rings is 1. The zero-order valence-electron chi connectivity index (χ0n) is 12.8. The zero-order valence-corrected chi connectivity index (χ0v) is 13.6. The minimum Gasteiger partial charge on any atom is -0.347 e. The fourth-order valence-corrected chi connectivity index (χ4v) is 3.31. The van der Waals surface area contributed by atoms with E-state index in [4.69, 9.17) is 0 Å². The molecule has 4 heteroatoms. The van der Waals surface area contributed by atoms with Gasteiger partial charge in [0.15, 0.2) is 0 Å². The maximum atomic E-state index is 12.2. The number of allylic oxidation sites excluding steroid dienone is 2. The molecule has 0 bridgehead atoms. The molecule has 0 spiro atoms. The van der Waals surface area contributed by atoms with E-state index in [1.807, 2.05) is 6.92 Å². The van der Waals surface area contributed by atoms with Crippen molar-refractivity contribution in [2.45, 2.75) is 58.4 Å². The smallest absolute Gasteiger partial charge is 0.223 e. The van der Waals surface area contributed by atoms with Crippen molar-refractivity contribution in [2.24, 2.45) is 5.92 Å². The van der Waals surface area contributed by atoms with Crippen molar-refractivity contribution in [1.82, 2.24) is 10.3 Å². The van der Waals surface area contributed by atoms with E-state index < -0.39 is 0 Å². The highest BCUT2D eigenvalue weighted by Crippen LogP contribution is 2.27. The van der Waals surface area contributed by atoms with Gasteiger partial charge in [0.25, 0.3) is 0 Å². The molecule has 0 aromatic carbocycles. The first-order valence-corrected chi connectivity index (χ1v) is 8.17. The second kappa shape index (κ2) is 6.08. The number of nitrogens with zero attached hydrogens (tertiary/aromatic N) is 1. The summed E-state index contributed by atoms with van der Waals surface area (Å²) in [6, 6.07) is -0.00509. The van der Waals surface area contributed by atoms with Crippen LogP contribution >= 0.6 is 11.3 Å². The van der Waals surface area contributed by atoms with Gasteiger partial charge >= 0.3 is 0 Å². The summed E-state index contributed by atoms with van der Waals surface area (Å²) in [4.78, 5) is 16.9. The number of rotatable bonds is 3. The van der Waals surface area contributed by atoms with Crippen LogP contribution in [0.1, 0.15) is 63.7 Å². The van der Waals surface area contributed by atoms with Crippen LogP contribution in [-0.2, 0) is 10.2 Å². The van der Waals surface area contributed by atoms with Crippen LogP contribution in [0, 0.1) is 5.92 Å². The van der Waals surface area contributed by atoms with Gasteiger partial charge in [-0.3, -0.25) is 4.79 Å². The van der Waals surface area contributed by atoms with Gasteiger partial charge in [-0.25, -0.2) is 4.98 Å². The molecular weight excluding hydrogens is 268 g/mol. The van der Waals surface area contributed by atoms with Gasteiger partial charge in [0.2, 0.25) is 5.91 Å². The highest BCUT2D eigenvalue weighted by molar-refractivity contribution is 7.09. The summed E-state index contributed by atoms with van der Waals surface area (Å²) >= 11 is 1.63. The number of amides is 1. The minimum absolute atomic E-state index is 0.00509. The van der Waals surface area contributed by atoms with Gasteiger partial charge in [-0.05, 0) is 26.2 Å². The summed E-state index contributed by atoms with van der Waals surface area (Å²) < 4.78 is 0. The molecule has 0 radical (unpaired) electrons. The second-order valence-electron chi connectivity index (χ2n) is 6.53. The Morgan fingerprint density at radius 1 is 1.45 bits per heavy atom. The van der Waals surface area contributed by atoms with E-state index in [2.05, 4.69) is 48.6 Å². The highest BCUT2D eigenvalue weighted by Gasteiger charge is 2.23. The highest BCUT2D eigenvalue weighted by atomic mass is 32.1. The maximum absolute atomic E-state index is 12.2. The van der Waals surface area contributed by atoms with E-state index in [9.17, 15) is 4.79 Å². The Balaban J connectivity index is 1.97. The minimum atomic E-state index is -0.00509. The molecule has 3 nitrogen and oxygen atoms in total. The van der Waals surface area contributed by atoms with E-state index in [1.54, 1.807) is 11.3 Å². The lowest BCUT2D eigenvalue weighted by molar-refractivity contribution is -0.125. The second-order valence-corrected chi connectivity index (χ2v) is 7.42. The lowest BCUT2D eigenvalue weighted by Crippen LogP contribution is -2.33. The van der Waals surface area contributed by atoms with Gasteiger partial charge in [-0.1, -0.05) is 32.9 Å².